The number of nitrogens with zero attached hydrogens (tertiary/aromatic N) is 4. The molecule has 2 aromatic heterocycles. The second-order valence-electron chi connectivity index (χ2n) is 3.25. The second-order valence-corrected chi connectivity index (χ2v) is 3.25. The first-order chi connectivity index (χ1) is 7.85. The van der Waals surface area contributed by atoms with Crippen molar-refractivity contribution in [2.24, 2.45) is 0 Å². The van der Waals surface area contributed by atoms with Crippen molar-refractivity contribution in [1.29, 1.82) is 5.26 Å². The van der Waals surface area contributed by atoms with Crippen molar-refractivity contribution in [3.63, 3.8) is 0 Å². The smallest absolute Gasteiger partial charge is 0.145 e. The molecule has 5 heteroatoms. The van der Waals surface area contributed by atoms with E-state index in [9.17, 15) is 0 Å². The Hall–Kier alpha value is -2.19. The van der Waals surface area contributed by atoms with E-state index in [1.54, 1.807) is 29.2 Å². The Morgan fingerprint density at radius 3 is 3.00 bits per heavy atom. The fraction of sp³-hybridized carbons (Fsp3) is 0.182. The zero-order valence-electron chi connectivity index (χ0n) is 8.54. The summed E-state index contributed by atoms with van der Waals surface area (Å²) in [4.78, 5) is 7.97. The fourth-order valence-corrected chi connectivity index (χ4v) is 1.49. The third kappa shape index (κ3) is 1.92. The first-order valence-electron chi connectivity index (χ1n) is 4.80. The molecule has 0 atom stereocenters. The summed E-state index contributed by atoms with van der Waals surface area (Å²) in [6.07, 6.45) is 4.97. The molecule has 2 rings (SSSR count). The maximum atomic E-state index is 9.05. The fourth-order valence-electron chi connectivity index (χ4n) is 1.49. The van der Waals surface area contributed by atoms with E-state index in [0.717, 1.165) is 5.56 Å². The maximum absolute atomic E-state index is 9.05. The maximum Gasteiger partial charge on any atom is 0.145 e. The highest BCUT2D eigenvalue weighted by molar-refractivity contribution is 5.30. The molecule has 0 radical (unpaired) electrons. The van der Waals surface area contributed by atoms with Gasteiger partial charge in [-0.15, -0.1) is 0 Å². The lowest BCUT2D eigenvalue weighted by atomic mass is 10.2. The van der Waals surface area contributed by atoms with Gasteiger partial charge in [0.2, 0.25) is 0 Å². The molecule has 0 spiro atoms. The molecular formula is C11H10N4O. The van der Waals surface area contributed by atoms with E-state index in [4.69, 9.17) is 10.4 Å². The van der Waals surface area contributed by atoms with Crippen LogP contribution in [0.5, 0.6) is 0 Å². The zero-order chi connectivity index (χ0) is 11.4. The average molecular weight is 214 g/mol. The van der Waals surface area contributed by atoms with Gasteiger partial charge in [-0.25, -0.2) is 9.97 Å². The van der Waals surface area contributed by atoms with Gasteiger partial charge < -0.3 is 9.67 Å². The lowest BCUT2D eigenvalue weighted by molar-refractivity contribution is 0.266. The summed E-state index contributed by atoms with van der Waals surface area (Å²) in [6, 6.07) is 5.66. The summed E-state index contributed by atoms with van der Waals surface area (Å²) in [5.41, 5.74) is 1.22. The van der Waals surface area contributed by atoms with Crippen LogP contribution in [0, 0.1) is 11.3 Å². The molecule has 80 valence electrons. The number of hydrogen-bond acceptors (Lipinski definition) is 4. The lowest BCUT2D eigenvalue weighted by Gasteiger charge is -2.06. The Labute approximate surface area is 92.6 Å². The molecule has 0 amide bonds. The minimum atomic E-state index is -0.116. The Kier molecular flexibility index (Phi) is 2.94. The average Bonchev–Trinajstić information content (AvgIpc) is 2.77. The molecule has 0 bridgehead atoms. The van der Waals surface area contributed by atoms with Gasteiger partial charge >= 0.3 is 0 Å². The van der Waals surface area contributed by atoms with Crippen LogP contribution in [0.2, 0.25) is 0 Å². The first-order valence-corrected chi connectivity index (χ1v) is 4.80. The van der Waals surface area contributed by atoms with Crippen LogP contribution >= 0.6 is 0 Å². The van der Waals surface area contributed by atoms with Crippen LogP contribution in [0.25, 0.3) is 0 Å². The van der Waals surface area contributed by atoms with Gasteiger partial charge in [0.05, 0.1) is 6.54 Å². The quantitative estimate of drug-likeness (QED) is 0.815. The van der Waals surface area contributed by atoms with Crippen molar-refractivity contribution in [2.45, 2.75) is 13.2 Å². The number of aromatic nitrogens is 3. The predicted molar refractivity (Wildman–Crippen MR) is 56.2 cm³/mol. The topological polar surface area (TPSA) is 74.7 Å². The van der Waals surface area contributed by atoms with Crippen LogP contribution in [-0.4, -0.2) is 19.6 Å². The van der Waals surface area contributed by atoms with Gasteiger partial charge in [-0.3, -0.25) is 0 Å². The van der Waals surface area contributed by atoms with Crippen molar-refractivity contribution in [3.8, 4) is 6.07 Å². The highest BCUT2D eigenvalue weighted by atomic mass is 16.3. The highest BCUT2D eigenvalue weighted by Gasteiger charge is 2.06. The van der Waals surface area contributed by atoms with Gasteiger partial charge in [0.15, 0.2) is 0 Å². The summed E-state index contributed by atoms with van der Waals surface area (Å²) in [5.74, 6) is 0.577. The standard InChI is InChI=1S/C11H10N4O/c12-6-10-9(2-1-3-13-10)7-15-5-4-14-11(15)8-16/h1-5,16H,7-8H2. The monoisotopic (exact) mass is 214 g/mol. The molecule has 1 N–H and O–H groups in total. The van der Waals surface area contributed by atoms with E-state index in [1.165, 1.54) is 0 Å². The summed E-state index contributed by atoms with van der Waals surface area (Å²) >= 11 is 0. The van der Waals surface area contributed by atoms with Crippen LogP contribution < -0.4 is 0 Å². The molecule has 0 saturated heterocycles. The summed E-state index contributed by atoms with van der Waals surface area (Å²) in [7, 11) is 0. The highest BCUT2D eigenvalue weighted by Crippen LogP contribution is 2.08. The van der Waals surface area contributed by atoms with Gasteiger partial charge in [0.1, 0.15) is 24.2 Å². The van der Waals surface area contributed by atoms with E-state index in [2.05, 4.69) is 9.97 Å². The Balaban J connectivity index is 2.31. The molecule has 0 aliphatic heterocycles. The van der Waals surface area contributed by atoms with Crippen molar-refractivity contribution in [1.82, 2.24) is 14.5 Å². The van der Waals surface area contributed by atoms with Crippen molar-refractivity contribution < 1.29 is 5.11 Å². The van der Waals surface area contributed by atoms with Crippen LogP contribution in [0.1, 0.15) is 17.1 Å². The predicted octanol–water partition coefficient (Wildman–Crippen LogP) is 0.690. The molecule has 5 nitrogen and oxygen atoms in total. The minimum absolute atomic E-state index is 0.116. The Bertz CT molecular complexity index is 527. The molecule has 0 aromatic carbocycles. The number of hydrogen-bond donors (Lipinski definition) is 1. The summed E-state index contributed by atoms with van der Waals surface area (Å²) < 4.78 is 1.79. The number of nitriles is 1. The number of pyridine rings is 1. The van der Waals surface area contributed by atoms with Gasteiger partial charge in [0.25, 0.3) is 0 Å². The van der Waals surface area contributed by atoms with Crippen LogP contribution in [0.15, 0.2) is 30.7 Å². The van der Waals surface area contributed by atoms with Crippen molar-refractivity contribution >= 4 is 0 Å². The number of aliphatic hydroxyl groups excluding tert-OH is 1. The summed E-state index contributed by atoms with van der Waals surface area (Å²) in [6.45, 7) is 0.377. The third-order valence-corrected chi connectivity index (χ3v) is 2.28. The van der Waals surface area contributed by atoms with Crippen molar-refractivity contribution in [2.75, 3.05) is 0 Å². The van der Waals surface area contributed by atoms with E-state index in [1.807, 2.05) is 12.1 Å². The van der Waals surface area contributed by atoms with Crippen LogP contribution in [0.3, 0.4) is 0 Å². The van der Waals surface area contributed by atoms with Gasteiger partial charge in [0, 0.05) is 24.2 Å². The molecule has 2 aromatic rings. The van der Waals surface area contributed by atoms with Crippen molar-refractivity contribution in [3.05, 3.63) is 47.8 Å². The number of rotatable bonds is 3. The molecule has 0 unspecified atom stereocenters. The number of aliphatic hydroxyl groups is 1. The largest absolute Gasteiger partial charge is 0.388 e. The molecule has 0 aliphatic carbocycles. The second kappa shape index (κ2) is 4.55. The number of imidazole rings is 1. The third-order valence-electron chi connectivity index (χ3n) is 2.28. The van der Waals surface area contributed by atoms with E-state index in [-0.39, 0.29) is 6.61 Å². The normalized spacial score (nSPS) is 10.0. The van der Waals surface area contributed by atoms with Crippen LogP contribution in [0.4, 0.5) is 0 Å². The van der Waals surface area contributed by atoms with Gasteiger partial charge in [-0.05, 0) is 6.07 Å². The molecular weight excluding hydrogens is 204 g/mol. The lowest BCUT2D eigenvalue weighted by Crippen LogP contribution is -2.06. The van der Waals surface area contributed by atoms with E-state index >= 15 is 0 Å². The van der Waals surface area contributed by atoms with Gasteiger partial charge in [-0.2, -0.15) is 5.26 Å². The zero-order valence-corrected chi connectivity index (χ0v) is 8.54. The van der Waals surface area contributed by atoms with E-state index < -0.39 is 0 Å². The van der Waals surface area contributed by atoms with E-state index in [0.29, 0.717) is 18.1 Å². The minimum Gasteiger partial charge on any atom is -0.388 e. The Morgan fingerprint density at radius 2 is 2.25 bits per heavy atom. The molecule has 2 heterocycles. The molecule has 0 aliphatic rings. The first kappa shape index (κ1) is 10.3. The van der Waals surface area contributed by atoms with Gasteiger partial charge in [-0.1, -0.05) is 6.07 Å². The summed E-state index contributed by atoms with van der Waals surface area (Å²) in [5, 5.41) is 17.9. The van der Waals surface area contributed by atoms with Crippen LogP contribution in [-0.2, 0) is 13.2 Å². The molecule has 0 fully saturated rings. The Morgan fingerprint density at radius 1 is 1.38 bits per heavy atom. The molecule has 16 heavy (non-hydrogen) atoms. The SMILES string of the molecule is N#Cc1ncccc1Cn1ccnc1CO. The molecule has 0 saturated carbocycles.